The molecule has 2 unspecified atom stereocenters. The predicted molar refractivity (Wildman–Crippen MR) is 55.2 cm³/mol. The lowest BCUT2D eigenvalue weighted by atomic mass is 10.0. The maximum atomic E-state index is 11.8. The molecule has 2 heterocycles. The zero-order chi connectivity index (χ0) is 10.8. The van der Waals surface area contributed by atoms with E-state index in [9.17, 15) is 4.79 Å². The first-order chi connectivity index (χ1) is 7.18. The summed E-state index contributed by atoms with van der Waals surface area (Å²) in [7, 11) is 1.74. The third-order valence-electron chi connectivity index (χ3n) is 2.76. The van der Waals surface area contributed by atoms with Crippen LogP contribution in [0.2, 0.25) is 0 Å². The molecular weight excluding hydrogens is 194 g/mol. The van der Waals surface area contributed by atoms with Gasteiger partial charge in [-0.1, -0.05) is 6.92 Å². The molecule has 0 aliphatic carbocycles. The van der Waals surface area contributed by atoms with Crippen molar-refractivity contribution in [2.45, 2.75) is 19.4 Å². The molecule has 0 bridgehead atoms. The van der Waals surface area contributed by atoms with Crippen LogP contribution >= 0.6 is 0 Å². The second kappa shape index (κ2) is 3.98. The molecule has 1 saturated heterocycles. The van der Waals surface area contributed by atoms with Crippen molar-refractivity contribution in [1.82, 2.24) is 20.1 Å². The topological polar surface area (TPSA) is 71.8 Å². The molecule has 1 aliphatic rings. The molecule has 0 saturated carbocycles. The highest BCUT2D eigenvalue weighted by Gasteiger charge is 2.29. The fraction of sp³-hybridized carbons (Fsp3) is 0.667. The Morgan fingerprint density at radius 2 is 2.53 bits per heavy atom. The van der Waals surface area contributed by atoms with Crippen molar-refractivity contribution in [3.8, 4) is 0 Å². The van der Waals surface area contributed by atoms with Gasteiger partial charge in [-0.25, -0.2) is 4.68 Å². The number of carbonyl (C=O) groups is 1. The van der Waals surface area contributed by atoms with Gasteiger partial charge >= 0.3 is 0 Å². The van der Waals surface area contributed by atoms with Crippen LogP contribution in [-0.2, 0) is 11.8 Å². The van der Waals surface area contributed by atoms with Crippen LogP contribution in [0.3, 0.4) is 0 Å². The van der Waals surface area contributed by atoms with Crippen molar-refractivity contribution < 1.29 is 4.79 Å². The molecule has 0 radical (unpaired) electrons. The molecule has 82 valence electrons. The first-order valence-electron chi connectivity index (χ1n) is 5.06. The zero-order valence-electron chi connectivity index (χ0n) is 8.90. The van der Waals surface area contributed by atoms with Gasteiger partial charge in [-0.15, -0.1) is 0 Å². The van der Waals surface area contributed by atoms with Gasteiger partial charge in [0.25, 0.3) is 0 Å². The monoisotopic (exact) mass is 209 g/mol. The van der Waals surface area contributed by atoms with Gasteiger partial charge in [-0.2, -0.15) is 10.1 Å². The number of nitrogens with one attached hydrogen (secondary N) is 2. The number of carbonyl (C=O) groups excluding carboxylic acids is 1. The minimum atomic E-state index is -0.110. The van der Waals surface area contributed by atoms with Crippen molar-refractivity contribution in [2.24, 2.45) is 13.0 Å². The summed E-state index contributed by atoms with van der Waals surface area (Å²) in [5, 5.41) is 9.80. The van der Waals surface area contributed by atoms with E-state index in [0.717, 1.165) is 13.0 Å². The van der Waals surface area contributed by atoms with E-state index in [-0.39, 0.29) is 11.9 Å². The van der Waals surface area contributed by atoms with Gasteiger partial charge in [0.1, 0.15) is 6.33 Å². The number of anilines is 1. The van der Waals surface area contributed by atoms with Crippen LogP contribution < -0.4 is 10.6 Å². The highest BCUT2D eigenvalue weighted by atomic mass is 16.2. The van der Waals surface area contributed by atoms with Gasteiger partial charge in [0, 0.05) is 7.05 Å². The van der Waals surface area contributed by atoms with E-state index >= 15 is 0 Å². The molecular formula is C9H15N5O. The molecule has 1 amide bonds. The molecule has 6 nitrogen and oxygen atoms in total. The van der Waals surface area contributed by atoms with E-state index in [4.69, 9.17) is 0 Å². The first-order valence-corrected chi connectivity index (χ1v) is 5.06. The van der Waals surface area contributed by atoms with E-state index in [1.54, 1.807) is 7.05 Å². The summed E-state index contributed by atoms with van der Waals surface area (Å²) in [6.07, 6.45) is 2.46. The SMILES string of the molecule is CC1CCNC1C(=O)Nc1ncnn1C. The van der Waals surface area contributed by atoms with Crippen LogP contribution in [0.5, 0.6) is 0 Å². The second-order valence-electron chi connectivity index (χ2n) is 3.89. The Balaban J connectivity index is 2.01. The van der Waals surface area contributed by atoms with E-state index in [2.05, 4.69) is 27.6 Å². The Kier molecular flexibility index (Phi) is 2.68. The summed E-state index contributed by atoms with van der Waals surface area (Å²) in [6.45, 7) is 2.97. The van der Waals surface area contributed by atoms with Gasteiger partial charge in [-0.05, 0) is 18.9 Å². The minimum Gasteiger partial charge on any atom is -0.306 e. The maximum absolute atomic E-state index is 11.8. The van der Waals surface area contributed by atoms with Crippen molar-refractivity contribution in [3.63, 3.8) is 0 Å². The standard InChI is InChI=1S/C9H15N5O/c1-6-3-4-10-7(6)8(15)13-9-11-5-12-14(9)2/h5-7,10H,3-4H2,1-2H3,(H,11,12,13,15). The van der Waals surface area contributed by atoms with E-state index in [1.807, 2.05) is 0 Å². The summed E-state index contributed by atoms with van der Waals surface area (Å²) in [5.74, 6) is 0.829. The lowest BCUT2D eigenvalue weighted by Gasteiger charge is -2.14. The lowest BCUT2D eigenvalue weighted by molar-refractivity contribution is -0.118. The van der Waals surface area contributed by atoms with Crippen molar-refractivity contribution in [1.29, 1.82) is 0 Å². The summed E-state index contributed by atoms with van der Waals surface area (Å²) in [6, 6.07) is -0.110. The van der Waals surface area contributed by atoms with Crippen LogP contribution in [0.15, 0.2) is 6.33 Å². The first kappa shape index (κ1) is 10.1. The number of amides is 1. The van der Waals surface area contributed by atoms with E-state index in [1.165, 1.54) is 11.0 Å². The Labute approximate surface area is 88.1 Å². The zero-order valence-corrected chi connectivity index (χ0v) is 8.90. The molecule has 2 atom stereocenters. The maximum Gasteiger partial charge on any atom is 0.244 e. The molecule has 15 heavy (non-hydrogen) atoms. The summed E-state index contributed by atoms with van der Waals surface area (Å²) in [4.78, 5) is 15.8. The average molecular weight is 209 g/mol. The Morgan fingerprint density at radius 1 is 1.73 bits per heavy atom. The lowest BCUT2D eigenvalue weighted by Crippen LogP contribution is -2.39. The summed E-state index contributed by atoms with van der Waals surface area (Å²) < 4.78 is 1.54. The summed E-state index contributed by atoms with van der Waals surface area (Å²) >= 11 is 0. The molecule has 6 heteroatoms. The Hall–Kier alpha value is -1.43. The molecule has 1 fully saturated rings. The van der Waals surface area contributed by atoms with Gasteiger partial charge in [0.2, 0.25) is 11.9 Å². The second-order valence-corrected chi connectivity index (χ2v) is 3.89. The quantitative estimate of drug-likeness (QED) is 0.704. The Bertz CT molecular complexity index is 361. The van der Waals surface area contributed by atoms with Crippen molar-refractivity contribution in [2.75, 3.05) is 11.9 Å². The molecule has 0 aromatic carbocycles. The van der Waals surface area contributed by atoms with Crippen LogP contribution in [0.1, 0.15) is 13.3 Å². The molecule has 0 spiro atoms. The smallest absolute Gasteiger partial charge is 0.244 e. The molecule has 1 aliphatic heterocycles. The number of aromatic nitrogens is 3. The highest BCUT2D eigenvalue weighted by Crippen LogP contribution is 2.15. The number of nitrogens with zero attached hydrogens (tertiary/aromatic N) is 3. The normalized spacial score (nSPS) is 25.5. The number of hydrogen-bond acceptors (Lipinski definition) is 4. The molecule has 1 aromatic heterocycles. The number of rotatable bonds is 2. The molecule has 2 rings (SSSR count). The fourth-order valence-corrected chi connectivity index (χ4v) is 1.78. The highest BCUT2D eigenvalue weighted by molar-refractivity contribution is 5.93. The third-order valence-corrected chi connectivity index (χ3v) is 2.76. The van der Waals surface area contributed by atoms with Crippen molar-refractivity contribution in [3.05, 3.63) is 6.33 Å². The van der Waals surface area contributed by atoms with Crippen LogP contribution in [0, 0.1) is 5.92 Å². The average Bonchev–Trinajstić information content (AvgIpc) is 2.76. The van der Waals surface area contributed by atoms with Crippen LogP contribution in [0.25, 0.3) is 0 Å². The van der Waals surface area contributed by atoms with Crippen LogP contribution in [-0.4, -0.2) is 33.3 Å². The largest absolute Gasteiger partial charge is 0.306 e. The van der Waals surface area contributed by atoms with Crippen molar-refractivity contribution >= 4 is 11.9 Å². The molecule has 2 N–H and O–H groups in total. The predicted octanol–water partition coefficient (Wildman–Crippen LogP) is -0.248. The minimum absolute atomic E-state index is 0.0314. The van der Waals surface area contributed by atoms with E-state index < -0.39 is 0 Å². The Morgan fingerprint density at radius 3 is 3.07 bits per heavy atom. The van der Waals surface area contributed by atoms with Gasteiger partial charge < -0.3 is 5.32 Å². The number of hydrogen-bond donors (Lipinski definition) is 2. The van der Waals surface area contributed by atoms with Gasteiger partial charge in [0.05, 0.1) is 6.04 Å². The third kappa shape index (κ3) is 1.99. The molecule has 1 aromatic rings. The van der Waals surface area contributed by atoms with Gasteiger partial charge in [-0.3, -0.25) is 10.1 Å². The summed E-state index contributed by atoms with van der Waals surface area (Å²) in [5.41, 5.74) is 0. The fourth-order valence-electron chi connectivity index (χ4n) is 1.78. The van der Waals surface area contributed by atoms with E-state index in [0.29, 0.717) is 11.9 Å². The number of aryl methyl sites for hydroxylation is 1. The van der Waals surface area contributed by atoms with Crippen LogP contribution in [0.4, 0.5) is 5.95 Å². The van der Waals surface area contributed by atoms with Gasteiger partial charge in [0.15, 0.2) is 0 Å².